The largest absolute Gasteiger partial charge is 0.466 e. The third-order valence-electron chi connectivity index (χ3n) is 4.42. The molecule has 0 aliphatic carbocycles. The van der Waals surface area contributed by atoms with E-state index in [1.807, 2.05) is 6.92 Å². The highest BCUT2D eigenvalue weighted by atomic mass is 16.7. The van der Waals surface area contributed by atoms with Gasteiger partial charge in [0.1, 0.15) is 0 Å². The fourth-order valence-electron chi connectivity index (χ4n) is 3.17. The number of hydrogen-bond donors (Lipinski definition) is 1. The predicted molar refractivity (Wildman–Crippen MR) is 104 cm³/mol. The molecule has 1 aromatic carbocycles. The zero-order valence-electron chi connectivity index (χ0n) is 16.8. The summed E-state index contributed by atoms with van der Waals surface area (Å²) in [6.45, 7) is 5.47. The van der Waals surface area contributed by atoms with Crippen LogP contribution in [0.25, 0.3) is 0 Å². The molecule has 1 aliphatic heterocycles. The summed E-state index contributed by atoms with van der Waals surface area (Å²) in [4.78, 5) is 36.0. The van der Waals surface area contributed by atoms with Crippen molar-refractivity contribution in [3.05, 3.63) is 62.5 Å². The maximum Gasteiger partial charge on any atom is 0.338 e. The van der Waals surface area contributed by atoms with Gasteiger partial charge in [0.25, 0.3) is 5.69 Å². The summed E-state index contributed by atoms with van der Waals surface area (Å²) in [6.07, 6.45) is 0.769. The summed E-state index contributed by atoms with van der Waals surface area (Å²) >= 11 is 0. The number of ether oxygens (including phenoxy) is 3. The molecule has 1 atom stereocenters. The van der Waals surface area contributed by atoms with Gasteiger partial charge in [0.15, 0.2) is 6.79 Å². The summed E-state index contributed by atoms with van der Waals surface area (Å²) in [5.41, 5.74) is 1.56. The average Bonchev–Trinajstić information content (AvgIpc) is 2.70. The number of allylic oxidation sites excluding steroid dienone is 2. The summed E-state index contributed by atoms with van der Waals surface area (Å²) in [7, 11) is 1.23. The summed E-state index contributed by atoms with van der Waals surface area (Å²) in [5.74, 6) is -2.22. The Labute approximate surface area is 168 Å². The molecule has 0 spiro atoms. The molecule has 29 heavy (non-hydrogen) atoms. The van der Waals surface area contributed by atoms with E-state index in [0.717, 1.165) is 6.42 Å². The number of carbonyl (C=O) groups is 2. The molecule has 1 heterocycles. The summed E-state index contributed by atoms with van der Waals surface area (Å²) in [5, 5.41) is 14.2. The number of benzene rings is 1. The normalized spacial score (nSPS) is 16.3. The molecule has 1 aromatic rings. The number of non-ortho nitro benzene ring substituents is 1. The Hall–Kier alpha value is -3.20. The minimum Gasteiger partial charge on any atom is -0.466 e. The lowest BCUT2D eigenvalue weighted by molar-refractivity contribution is -0.384. The van der Waals surface area contributed by atoms with Crippen LogP contribution in [0.1, 0.15) is 38.7 Å². The van der Waals surface area contributed by atoms with Crippen molar-refractivity contribution >= 4 is 17.6 Å². The second-order valence-electron chi connectivity index (χ2n) is 6.44. The first-order valence-electron chi connectivity index (χ1n) is 9.07. The maximum atomic E-state index is 12.8. The lowest BCUT2D eigenvalue weighted by Gasteiger charge is -2.30. The van der Waals surface area contributed by atoms with Gasteiger partial charge < -0.3 is 19.5 Å². The molecular formula is C20H24N2O7. The van der Waals surface area contributed by atoms with E-state index in [-0.39, 0.29) is 23.6 Å². The fourth-order valence-corrected chi connectivity index (χ4v) is 3.17. The lowest BCUT2D eigenvalue weighted by atomic mass is 9.80. The molecule has 0 saturated heterocycles. The molecule has 2 rings (SSSR count). The van der Waals surface area contributed by atoms with Gasteiger partial charge in [-0.15, -0.1) is 0 Å². The number of nitrogens with one attached hydrogen (secondary N) is 1. The van der Waals surface area contributed by atoms with Crippen LogP contribution in [0.3, 0.4) is 0 Å². The molecule has 9 heteroatoms. The van der Waals surface area contributed by atoms with Crippen molar-refractivity contribution < 1.29 is 28.7 Å². The molecule has 156 valence electrons. The molecule has 0 fully saturated rings. The van der Waals surface area contributed by atoms with Crippen molar-refractivity contribution in [2.45, 2.75) is 33.1 Å². The third kappa shape index (κ3) is 5.00. The van der Waals surface area contributed by atoms with E-state index in [0.29, 0.717) is 23.6 Å². The van der Waals surface area contributed by atoms with Crippen LogP contribution in [0, 0.1) is 10.1 Å². The van der Waals surface area contributed by atoms with E-state index >= 15 is 0 Å². The van der Waals surface area contributed by atoms with Crippen molar-refractivity contribution in [1.82, 2.24) is 5.32 Å². The van der Waals surface area contributed by atoms with E-state index in [4.69, 9.17) is 14.2 Å². The van der Waals surface area contributed by atoms with Crippen molar-refractivity contribution in [1.29, 1.82) is 0 Å². The van der Waals surface area contributed by atoms with Gasteiger partial charge in [-0.3, -0.25) is 10.1 Å². The number of nitro groups is 1. The molecule has 9 nitrogen and oxygen atoms in total. The van der Waals surface area contributed by atoms with Gasteiger partial charge in [0, 0.05) is 23.5 Å². The van der Waals surface area contributed by atoms with E-state index in [1.165, 1.54) is 25.3 Å². The number of hydrogen-bond acceptors (Lipinski definition) is 8. The van der Waals surface area contributed by atoms with Gasteiger partial charge >= 0.3 is 11.9 Å². The van der Waals surface area contributed by atoms with Crippen LogP contribution in [0.15, 0.2) is 46.8 Å². The quantitative estimate of drug-likeness (QED) is 0.231. The third-order valence-corrected chi connectivity index (χ3v) is 4.42. The van der Waals surface area contributed by atoms with Crippen LogP contribution in [0.2, 0.25) is 0 Å². The Bertz CT molecular complexity index is 873. The number of nitrogens with zero attached hydrogens (tertiary/aromatic N) is 1. The van der Waals surface area contributed by atoms with Crippen LogP contribution in [0.4, 0.5) is 5.69 Å². The van der Waals surface area contributed by atoms with Crippen LogP contribution >= 0.6 is 0 Å². The van der Waals surface area contributed by atoms with Gasteiger partial charge in [-0.1, -0.05) is 19.1 Å². The van der Waals surface area contributed by atoms with Gasteiger partial charge in [-0.05, 0) is 25.8 Å². The molecule has 1 unspecified atom stereocenters. The Morgan fingerprint density at radius 2 is 1.83 bits per heavy atom. The van der Waals surface area contributed by atoms with E-state index in [9.17, 15) is 19.7 Å². The van der Waals surface area contributed by atoms with Crippen LogP contribution in [-0.4, -0.2) is 37.4 Å². The van der Waals surface area contributed by atoms with E-state index in [1.54, 1.807) is 19.9 Å². The van der Waals surface area contributed by atoms with Gasteiger partial charge in [0.05, 0.1) is 35.7 Å². The molecule has 1 N–H and O–H groups in total. The number of dihydropyridines is 1. The van der Waals surface area contributed by atoms with Crippen LogP contribution in [0.5, 0.6) is 0 Å². The Morgan fingerprint density at radius 3 is 2.41 bits per heavy atom. The highest BCUT2D eigenvalue weighted by Crippen LogP contribution is 2.40. The van der Waals surface area contributed by atoms with E-state index in [2.05, 4.69) is 5.32 Å². The Kier molecular flexibility index (Phi) is 7.49. The zero-order chi connectivity index (χ0) is 21.6. The second kappa shape index (κ2) is 9.83. The maximum absolute atomic E-state index is 12.8. The average molecular weight is 404 g/mol. The Balaban J connectivity index is 2.53. The number of esters is 2. The first-order chi connectivity index (χ1) is 13.8. The standard InChI is InChI=1S/C20H24N2O7/c1-5-9-28-11-29-20(24)17-13(3)21-12(2)16(19(23)27-4)18(17)14-7-6-8-15(10-14)22(25)26/h6-8,10,18,21H,5,9,11H2,1-4H3. The molecule has 0 aromatic heterocycles. The number of rotatable bonds is 8. The van der Waals surface area contributed by atoms with Crippen LogP contribution < -0.4 is 5.32 Å². The topological polar surface area (TPSA) is 117 Å². The van der Waals surface area contributed by atoms with Crippen molar-refractivity contribution in [2.24, 2.45) is 0 Å². The first-order valence-corrected chi connectivity index (χ1v) is 9.07. The number of carbonyl (C=O) groups excluding carboxylic acids is 2. The van der Waals surface area contributed by atoms with Crippen molar-refractivity contribution in [2.75, 3.05) is 20.5 Å². The number of methoxy groups -OCH3 is 1. The first kappa shape index (κ1) is 22.1. The second-order valence-corrected chi connectivity index (χ2v) is 6.44. The van der Waals surface area contributed by atoms with Crippen LogP contribution in [-0.2, 0) is 23.8 Å². The summed E-state index contributed by atoms with van der Waals surface area (Å²) in [6, 6.07) is 5.79. The van der Waals surface area contributed by atoms with Gasteiger partial charge in [-0.2, -0.15) is 0 Å². The zero-order valence-corrected chi connectivity index (χ0v) is 16.8. The van der Waals surface area contributed by atoms with E-state index < -0.39 is 22.8 Å². The Morgan fingerprint density at radius 1 is 1.17 bits per heavy atom. The SMILES string of the molecule is CCCOCOC(=O)C1=C(C)NC(C)=C(C(=O)OC)C1c1cccc([N+](=O)[O-])c1. The smallest absolute Gasteiger partial charge is 0.338 e. The highest BCUT2D eigenvalue weighted by Gasteiger charge is 2.38. The molecule has 0 amide bonds. The molecule has 1 aliphatic rings. The molecular weight excluding hydrogens is 380 g/mol. The van der Waals surface area contributed by atoms with Gasteiger partial charge in [0.2, 0.25) is 0 Å². The van der Waals surface area contributed by atoms with Crippen molar-refractivity contribution in [3.8, 4) is 0 Å². The monoisotopic (exact) mass is 404 g/mol. The molecule has 0 bridgehead atoms. The van der Waals surface area contributed by atoms with Crippen molar-refractivity contribution in [3.63, 3.8) is 0 Å². The highest BCUT2D eigenvalue weighted by molar-refractivity contribution is 5.99. The lowest BCUT2D eigenvalue weighted by Crippen LogP contribution is -2.32. The minimum absolute atomic E-state index is 0.153. The minimum atomic E-state index is -0.887. The molecule has 0 radical (unpaired) electrons. The molecule has 0 saturated carbocycles. The predicted octanol–water partition coefficient (Wildman–Crippen LogP) is 2.93. The number of nitro benzene ring substituents is 1. The summed E-state index contributed by atoms with van der Waals surface area (Å²) < 4.78 is 15.3. The fraction of sp³-hybridized carbons (Fsp3) is 0.400. The van der Waals surface area contributed by atoms with Gasteiger partial charge in [-0.25, -0.2) is 9.59 Å².